The standard InChI is InChI=1S/C18H12O2.C7H6/c1-3-14-17(13-7-5-4-6-8-13)15-10-9-12(2)11-16(15)20-18(14)19;1-5-2-3-6-4-7(5)6/h1,4-11H,2H3;2-4H,1H3. The maximum absolute atomic E-state index is 12.1. The summed E-state index contributed by atoms with van der Waals surface area (Å²) in [5.41, 5.74) is 7.42. The summed E-state index contributed by atoms with van der Waals surface area (Å²) in [5, 5.41) is 0.856. The molecule has 2 aliphatic carbocycles. The van der Waals surface area contributed by atoms with Crippen LogP contribution in [0.15, 0.2) is 75.9 Å². The fraction of sp³-hybridized carbons (Fsp3) is 0.0800. The van der Waals surface area contributed by atoms with Crippen LogP contribution in [0.1, 0.15) is 16.7 Å². The Kier molecular flexibility index (Phi) is 4.14. The number of fused-ring (bicyclic) bond motifs is 2. The van der Waals surface area contributed by atoms with Crippen molar-refractivity contribution in [3.05, 3.63) is 93.8 Å². The van der Waals surface area contributed by atoms with Crippen LogP contribution < -0.4 is 5.63 Å². The summed E-state index contributed by atoms with van der Waals surface area (Å²) < 4.78 is 5.33. The molecule has 0 aliphatic heterocycles. The quantitative estimate of drug-likeness (QED) is 0.286. The van der Waals surface area contributed by atoms with Gasteiger partial charge in [-0.2, -0.15) is 0 Å². The average Bonchev–Trinajstić information content (AvgIpc) is 3.38. The lowest BCUT2D eigenvalue weighted by atomic mass is 9.97. The third-order valence-corrected chi connectivity index (χ3v) is 4.74. The lowest BCUT2D eigenvalue weighted by Gasteiger charge is -2.08. The van der Waals surface area contributed by atoms with Crippen molar-refractivity contribution < 1.29 is 4.42 Å². The summed E-state index contributed by atoms with van der Waals surface area (Å²) >= 11 is 0. The largest absolute Gasteiger partial charge is 0.422 e. The number of benzene rings is 3. The van der Waals surface area contributed by atoms with Crippen molar-refractivity contribution in [3.8, 4) is 34.6 Å². The normalized spacial score (nSPS) is 10.7. The number of aryl methyl sites for hydroxylation is 2. The van der Waals surface area contributed by atoms with E-state index in [-0.39, 0.29) is 5.56 Å². The van der Waals surface area contributed by atoms with Gasteiger partial charge in [0.25, 0.3) is 0 Å². The average molecular weight is 350 g/mol. The first kappa shape index (κ1) is 16.9. The van der Waals surface area contributed by atoms with Gasteiger partial charge >= 0.3 is 5.63 Å². The topological polar surface area (TPSA) is 30.2 Å². The summed E-state index contributed by atoms with van der Waals surface area (Å²) in [6.45, 7) is 4.10. The molecule has 27 heavy (non-hydrogen) atoms. The maximum atomic E-state index is 12.1. The number of terminal acetylenes is 1. The van der Waals surface area contributed by atoms with Crippen molar-refractivity contribution in [2.45, 2.75) is 13.8 Å². The van der Waals surface area contributed by atoms with Crippen LogP contribution in [-0.4, -0.2) is 0 Å². The smallest absolute Gasteiger partial charge is 0.352 e. The van der Waals surface area contributed by atoms with E-state index in [0.29, 0.717) is 5.58 Å². The van der Waals surface area contributed by atoms with Gasteiger partial charge in [0.1, 0.15) is 11.1 Å². The fourth-order valence-electron chi connectivity index (χ4n) is 3.25. The first-order valence-electron chi connectivity index (χ1n) is 8.79. The predicted molar refractivity (Wildman–Crippen MR) is 111 cm³/mol. The van der Waals surface area contributed by atoms with Gasteiger partial charge in [0, 0.05) is 10.9 Å². The molecular weight excluding hydrogens is 332 g/mol. The van der Waals surface area contributed by atoms with Crippen LogP contribution in [0.3, 0.4) is 0 Å². The van der Waals surface area contributed by atoms with E-state index in [4.69, 9.17) is 10.8 Å². The molecule has 2 aliphatic rings. The SMILES string of the molecule is C#Cc1c(-c2ccccc2)c2ccc(C)cc2oc1=O.Cc1ccc2cc1-2. The monoisotopic (exact) mass is 350 g/mol. The summed E-state index contributed by atoms with van der Waals surface area (Å²) in [4.78, 5) is 12.1. The molecule has 130 valence electrons. The Balaban J connectivity index is 0.000000213. The molecule has 0 N–H and O–H groups in total. The van der Waals surface area contributed by atoms with Crippen molar-refractivity contribution in [2.75, 3.05) is 0 Å². The lowest BCUT2D eigenvalue weighted by Crippen LogP contribution is -2.06. The van der Waals surface area contributed by atoms with Gasteiger partial charge in [-0.3, -0.25) is 0 Å². The zero-order chi connectivity index (χ0) is 19.0. The zero-order valence-corrected chi connectivity index (χ0v) is 15.2. The van der Waals surface area contributed by atoms with E-state index in [2.05, 4.69) is 31.0 Å². The third kappa shape index (κ3) is 3.16. The van der Waals surface area contributed by atoms with Crippen LogP contribution in [-0.2, 0) is 0 Å². The van der Waals surface area contributed by atoms with Crippen LogP contribution in [0.25, 0.3) is 33.2 Å². The number of hydrogen-bond donors (Lipinski definition) is 0. The maximum Gasteiger partial charge on any atom is 0.352 e. The Morgan fingerprint density at radius 3 is 2.22 bits per heavy atom. The van der Waals surface area contributed by atoms with E-state index in [1.54, 1.807) is 0 Å². The van der Waals surface area contributed by atoms with Gasteiger partial charge in [0.05, 0.1) is 0 Å². The number of hydrogen-bond acceptors (Lipinski definition) is 2. The second-order valence-corrected chi connectivity index (χ2v) is 6.68. The molecule has 2 heteroatoms. The lowest BCUT2D eigenvalue weighted by molar-refractivity contribution is 0.559. The Morgan fingerprint density at radius 2 is 1.67 bits per heavy atom. The summed E-state index contributed by atoms with van der Waals surface area (Å²) in [7, 11) is 0. The molecule has 0 radical (unpaired) electrons. The third-order valence-electron chi connectivity index (χ3n) is 4.74. The van der Waals surface area contributed by atoms with Gasteiger partial charge in [-0.1, -0.05) is 60.5 Å². The van der Waals surface area contributed by atoms with Gasteiger partial charge < -0.3 is 4.42 Å². The molecule has 0 saturated carbocycles. The first-order valence-corrected chi connectivity index (χ1v) is 8.79. The van der Waals surface area contributed by atoms with Crippen molar-refractivity contribution in [1.29, 1.82) is 0 Å². The van der Waals surface area contributed by atoms with E-state index < -0.39 is 5.63 Å². The van der Waals surface area contributed by atoms with E-state index in [1.807, 2.05) is 55.5 Å². The minimum absolute atomic E-state index is 0.271. The Hall–Kier alpha value is -3.57. The Labute approximate surface area is 158 Å². The molecule has 0 saturated heterocycles. The Bertz CT molecular complexity index is 1260. The van der Waals surface area contributed by atoms with E-state index in [9.17, 15) is 4.79 Å². The van der Waals surface area contributed by atoms with Crippen molar-refractivity contribution in [2.24, 2.45) is 0 Å². The van der Waals surface area contributed by atoms with E-state index in [0.717, 1.165) is 22.1 Å². The van der Waals surface area contributed by atoms with Crippen LogP contribution in [0.5, 0.6) is 0 Å². The molecule has 0 unspecified atom stereocenters. The van der Waals surface area contributed by atoms with Gasteiger partial charge in [0.2, 0.25) is 0 Å². The molecular formula is C25H18O2. The van der Waals surface area contributed by atoms with Crippen molar-refractivity contribution in [3.63, 3.8) is 0 Å². The highest BCUT2D eigenvalue weighted by Gasteiger charge is 2.14. The summed E-state index contributed by atoms with van der Waals surface area (Å²) in [5.74, 6) is 2.46. The minimum atomic E-state index is -0.468. The van der Waals surface area contributed by atoms with Gasteiger partial charge in [0.15, 0.2) is 0 Å². The fourth-order valence-corrected chi connectivity index (χ4v) is 3.25. The van der Waals surface area contributed by atoms with Gasteiger partial charge in [-0.05, 0) is 53.8 Å². The minimum Gasteiger partial charge on any atom is -0.422 e. The number of rotatable bonds is 1. The second-order valence-electron chi connectivity index (χ2n) is 6.68. The van der Waals surface area contributed by atoms with E-state index in [1.165, 1.54) is 16.7 Å². The molecule has 0 fully saturated rings. The molecule has 3 aromatic rings. The van der Waals surface area contributed by atoms with Crippen LogP contribution >= 0.6 is 0 Å². The van der Waals surface area contributed by atoms with Crippen LogP contribution in [0, 0.1) is 26.2 Å². The molecule has 1 aromatic heterocycles. The molecule has 0 atom stereocenters. The van der Waals surface area contributed by atoms with Crippen LogP contribution in [0.2, 0.25) is 0 Å². The predicted octanol–water partition coefficient (Wildman–Crippen LogP) is 5.73. The van der Waals surface area contributed by atoms with Gasteiger partial charge in [-0.15, -0.1) is 6.42 Å². The molecule has 0 bridgehead atoms. The molecule has 5 rings (SSSR count). The molecule has 0 amide bonds. The zero-order valence-electron chi connectivity index (χ0n) is 15.2. The van der Waals surface area contributed by atoms with Crippen molar-refractivity contribution in [1.82, 2.24) is 0 Å². The highest BCUT2D eigenvalue weighted by Crippen LogP contribution is 2.37. The van der Waals surface area contributed by atoms with Crippen molar-refractivity contribution >= 4 is 11.0 Å². The first-order chi connectivity index (χ1) is 13.1. The van der Waals surface area contributed by atoms with Crippen LogP contribution in [0.4, 0.5) is 0 Å². The summed E-state index contributed by atoms with van der Waals surface area (Å²) in [6, 6.07) is 21.9. The molecule has 1 heterocycles. The Morgan fingerprint density at radius 1 is 0.889 bits per heavy atom. The highest BCUT2D eigenvalue weighted by atomic mass is 16.4. The molecule has 2 aromatic carbocycles. The van der Waals surface area contributed by atoms with Gasteiger partial charge in [-0.25, -0.2) is 4.79 Å². The second kappa shape index (κ2) is 6.63. The molecule has 2 nitrogen and oxygen atoms in total. The molecule has 0 spiro atoms. The van der Waals surface area contributed by atoms with E-state index >= 15 is 0 Å². The highest BCUT2D eigenvalue weighted by molar-refractivity contribution is 5.96. The summed E-state index contributed by atoms with van der Waals surface area (Å²) in [6.07, 6.45) is 5.50.